The lowest BCUT2D eigenvalue weighted by Crippen LogP contribution is -2.55. The molecule has 3 heteroatoms. The van der Waals surface area contributed by atoms with E-state index in [-0.39, 0.29) is 23.7 Å². The Morgan fingerprint density at radius 2 is 2.11 bits per heavy atom. The predicted molar refractivity (Wildman–Crippen MR) is 75.6 cm³/mol. The molecule has 2 fully saturated rings. The number of aliphatic hydroxyl groups is 1. The highest BCUT2D eigenvalue weighted by Gasteiger charge is 2.75. The molecule has 0 radical (unpaired) electrons. The summed E-state index contributed by atoms with van der Waals surface area (Å²) in [6.45, 7) is 14.5. The molecule has 2 rings (SSSR count). The molecule has 0 aliphatic heterocycles. The summed E-state index contributed by atoms with van der Waals surface area (Å²) in [5.41, 5.74) is -0.723. The molecule has 108 valence electrons. The fourth-order valence-electron chi connectivity index (χ4n) is 4.68. The molecule has 3 nitrogen and oxygen atoms in total. The van der Waals surface area contributed by atoms with Gasteiger partial charge in [0.2, 0.25) is 0 Å². The zero-order valence-electron chi connectivity index (χ0n) is 12.5. The first-order valence-corrected chi connectivity index (χ1v) is 6.92. The fraction of sp³-hybridized carbons (Fsp3) is 0.750. The fourth-order valence-corrected chi connectivity index (χ4v) is 4.68. The van der Waals surface area contributed by atoms with E-state index in [1.165, 1.54) is 0 Å². The molecule has 0 unspecified atom stereocenters. The first kappa shape index (κ1) is 14.8. The van der Waals surface area contributed by atoms with Crippen molar-refractivity contribution in [1.29, 1.82) is 0 Å². The SMILES string of the molecule is C=C[C@@]12CC[C@@H]([C@@H](OCOC)[C@]1(O)C(=C)C)C2(C)C. The molecular weight excluding hydrogens is 240 g/mol. The van der Waals surface area contributed by atoms with Gasteiger partial charge in [-0.3, -0.25) is 0 Å². The third-order valence-corrected chi connectivity index (χ3v) is 5.75. The molecule has 0 aromatic carbocycles. The van der Waals surface area contributed by atoms with Crippen molar-refractivity contribution in [2.24, 2.45) is 16.7 Å². The quantitative estimate of drug-likeness (QED) is 0.614. The van der Waals surface area contributed by atoms with Gasteiger partial charge in [-0.15, -0.1) is 6.58 Å². The summed E-state index contributed by atoms with van der Waals surface area (Å²) in [5.74, 6) is 0.294. The number of hydrogen-bond acceptors (Lipinski definition) is 3. The molecule has 0 aromatic rings. The second-order valence-electron chi connectivity index (χ2n) is 6.58. The van der Waals surface area contributed by atoms with Crippen molar-refractivity contribution in [3.63, 3.8) is 0 Å². The summed E-state index contributed by atoms with van der Waals surface area (Å²) in [6, 6.07) is 0. The Bertz CT molecular complexity index is 401. The smallest absolute Gasteiger partial charge is 0.146 e. The summed E-state index contributed by atoms with van der Waals surface area (Å²) in [6.07, 6.45) is 3.64. The summed E-state index contributed by atoms with van der Waals surface area (Å²) in [5, 5.41) is 11.4. The first-order valence-electron chi connectivity index (χ1n) is 6.92. The number of rotatable bonds is 5. The third-order valence-electron chi connectivity index (χ3n) is 5.75. The largest absolute Gasteiger partial charge is 0.382 e. The van der Waals surface area contributed by atoms with Crippen LogP contribution in [0.3, 0.4) is 0 Å². The second kappa shape index (κ2) is 4.44. The van der Waals surface area contributed by atoms with Gasteiger partial charge in [-0.25, -0.2) is 0 Å². The zero-order chi connectivity index (χ0) is 14.5. The minimum Gasteiger partial charge on any atom is -0.382 e. The van der Waals surface area contributed by atoms with Crippen LogP contribution >= 0.6 is 0 Å². The minimum absolute atomic E-state index is 0.0547. The van der Waals surface area contributed by atoms with Crippen molar-refractivity contribution in [2.75, 3.05) is 13.9 Å². The van der Waals surface area contributed by atoms with Crippen molar-refractivity contribution in [3.8, 4) is 0 Å². The lowest BCUT2D eigenvalue weighted by atomic mass is 9.61. The van der Waals surface area contributed by atoms with Crippen molar-refractivity contribution in [2.45, 2.75) is 45.3 Å². The van der Waals surface area contributed by atoms with E-state index in [0.717, 1.165) is 18.4 Å². The van der Waals surface area contributed by atoms with Crippen molar-refractivity contribution in [3.05, 3.63) is 24.8 Å². The highest BCUT2D eigenvalue weighted by molar-refractivity contribution is 5.37. The van der Waals surface area contributed by atoms with Crippen LogP contribution < -0.4 is 0 Å². The molecule has 2 saturated carbocycles. The molecule has 0 spiro atoms. The molecule has 2 aliphatic rings. The Morgan fingerprint density at radius 1 is 1.47 bits per heavy atom. The van der Waals surface area contributed by atoms with E-state index in [9.17, 15) is 5.11 Å². The molecule has 4 atom stereocenters. The van der Waals surface area contributed by atoms with Gasteiger partial charge in [0.15, 0.2) is 0 Å². The van der Waals surface area contributed by atoms with E-state index in [2.05, 4.69) is 27.0 Å². The second-order valence-corrected chi connectivity index (χ2v) is 6.58. The summed E-state index contributed by atoms with van der Waals surface area (Å²) in [4.78, 5) is 0. The third kappa shape index (κ3) is 1.49. The minimum atomic E-state index is -1.06. The Kier molecular flexibility index (Phi) is 3.45. The standard InChI is InChI=1S/C16H26O3/c1-7-15-9-8-12(14(15,4)5)13(19-10-18-6)16(15,17)11(2)3/h7,12-13,17H,1-2,8-10H2,3-6H3/t12-,13+,15-,16+/m0/s1. The van der Waals surface area contributed by atoms with Gasteiger partial charge in [0, 0.05) is 12.5 Å². The topological polar surface area (TPSA) is 38.7 Å². The average Bonchev–Trinajstić information content (AvgIpc) is 2.69. The molecule has 0 aromatic heterocycles. The van der Waals surface area contributed by atoms with E-state index in [1.807, 2.05) is 13.0 Å². The Hall–Kier alpha value is -0.640. The highest BCUT2D eigenvalue weighted by atomic mass is 16.7. The Labute approximate surface area is 116 Å². The maximum Gasteiger partial charge on any atom is 0.146 e. The van der Waals surface area contributed by atoms with Crippen molar-refractivity contribution >= 4 is 0 Å². The monoisotopic (exact) mass is 266 g/mol. The van der Waals surface area contributed by atoms with E-state index >= 15 is 0 Å². The Balaban J connectivity index is 2.52. The van der Waals surface area contributed by atoms with Crippen LogP contribution in [-0.2, 0) is 9.47 Å². The number of methoxy groups -OCH3 is 1. The molecule has 2 aliphatic carbocycles. The van der Waals surface area contributed by atoms with Crippen LogP contribution in [0, 0.1) is 16.7 Å². The summed E-state index contributed by atoms with van der Waals surface area (Å²) >= 11 is 0. The van der Waals surface area contributed by atoms with E-state index in [1.54, 1.807) is 7.11 Å². The predicted octanol–water partition coefficient (Wildman–Crippen LogP) is 2.90. The van der Waals surface area contributed by atoms with Crippen LogP contribution in [0.2, 0.25) is 0 Å². The maximum absolute atomic E-state index is 11.4. The number of ether oxygens (including phenoxy) is 2. The van der Waals surface area contributed by atoms with Crippen LogP contribution in [0.5, 0.6) is 0 Å². The first-order chi connectivity index (χ1) is 8.79. The van der Waals surface area contributed by atoms with Gasteiger partial charge in [0.1, 0.15) is 12.4 Å². The summed E-state index contributed by atoms with van der Waals surface area (Å²) < 4.78 is 10.9. The van der Waals surface area contributed by atoms with Gasteiger partial charge >= 0.3 is 0 Å². The van der Waals surface area contributed by atoms with E-state index in [4.69, 9.17) is 9.47 Å². The van der Waals surface area contributed by atoms with Gasteiger partial charge in [0.25, 0.3) is 0 Å². The van der Waals surface area contributed by atoms with Crippen LogP contribution in [0.4, 0.5) is 0 Å². The molecule has 19 heavy (non-hydrogen) atoms. The molecular formula is C16H26O3. The van der Waals surface area contributed by atoms with Crippen molar-refractivity contribution < 1.29 is 14.6 Å². The van der Waals surface area contributed by atoms with E-state index in [0.29, 0.717) is 5.92 Å². The van der Waals surface area contributed by atoms with Gasteiger partial charge in [-0.05, 0) is 36.7 Å². The Morgan fingerprint density at radius 3 is 2.58 bits per heavy atom. The van der Waals surface area contributed by atoms with Crippen LogP contribution in [-0.4, -0.2) is 30.7 Å². The normalized spacial score (nSPS) is 43.4. The van der Waals surface area contributed by atoms with Gasteiger partial charge in [-0.1, -0.05) is 26.5 Å². The van der Waals surface area contributed by atoms with Crippen molar-refractivity contribution in [1.82, 2.24) is 0 Å². The van der Waals surface area contributed by atoms with Gasteiger partial charge in [0.05, 0.1) is 6.10 Å². The van der Waals surface area contributed by atoms with Crippen LogP contribution in [0.1, 0.15) is 33.6 Å². The van der Waals surface area contributed by atoms with Crippen LogP contribution in [0.15, 0.2) is 24.8 Å². The molecule has 0 heterocycles. The van der Waals surface area contributed by atoms with Crippen LogP contribution in [0.25, 0.3) is 0 Å². The number of hydrogen-bond donors (Lipinski definition) is 1. The number of fused-ring (bicyclic) bond motifs is 2. The lowest BCUT2D eigenvalue weighted by molar-refractivity contribution is -0.171. The molecule has 2 bridgehead atoms. The summed E-state index contributed by atoms with van der Waals surface area (Å²) in [7, 11) is 1.60. The van der Waals surface area contributed by atoms with E-state index < -0.39 is 5.60 Å². The van der Waals surface area contributed by atoms with Gasteiger partial charge in [-0.2, -0.15) is 0 Å². The maximum atomic E-state index is 11.4. The molecule has 1 N–H and O–H groups in total. The molecule has 0 amide bonds. The average molecular weight is 266 g/mol. The lowest BCUT2D eigenvalue weighted by Gasteiger charge is -2.48. The highest BCUT2D eigenvalue weighted by Crippen LogP contribution is 2.72. The zero-order valence-corrected chi connectivity index (χ0v) is 12.5. The van der Waals surface area contributed by atoms with Gasteiger partial charge < -0.3 is 14.6 Å². The molecule has 0 saturated heterocycles.